The Labute approximate surface area is 104 Å². The summed E-state index contributed by atoms with van der Waals surface area (Å²) in [6.45, 7) is -2.33. The van der Waals surface area contributed by atoms with E-state index in [1.165, 1.54) is 0 Å². The minimum atomic E-state index is -4.07. The van der Waals surface area contributed by atoms with Gasteiger partial charge in [0.25, 0.3) is 0 Å². The molecule has 0 bridgehead atoms. The van der Waals surface area contributed by atoms with Crippen LogP contribution in [-0.2, 0) is 10.0 Å². The molecular weight excluding hydrogens is 265 g/mol. The normalized spacial score (nSPS) is 12.7. The van der Waals surface area contributed by atoms with E-state index in [9.17, 15) is 12.8 Å². The summed E-state index contributed by atoms with van der Waals surface area (Å²) < 4.78 is 38.4. The van der Waals surface area contributed by atoms with Gasteiger partial charge >= 0.3 is 0 Å². The predicted octanol–water partition coefficient (Wildman–Crippen LogP) is -1.18. The third-order valence-corrected chi connectivity index (χ3v) is 3.98. The Morgan fingerprint density at radius 3 is 1.89 bits per heavy atom. The molecule has 0 aliphatic rings. The highest BCUT2D eigenvalue weighted by molar-refractivity contribution is 7.89. The molecule has 4 N–H and O–H groups in total. The third-order valence-electron chi connectivity index (χ3n) is 2.38. The second-order valence-electron chi connectivity index (χ2n) is 3.81. The van der Waals surface area contributed by atoms with Crippen molar-refractivity contribution in [2.45, 2.75) is 10.4 Å². The van der Waals surface area contributed by atoms with Crippen molar-refractivity contribution in [3.63, 3.8) is 0 Å². The van der Waals surface area contributed by atoms with Gasteiger partial charge in [0.1, 0.15) is 11.4 Å². The third kappa shape index (κ3) is 3.24. The number of benzene rings is 1. The fraction of sp³-hybridized carbons (Fsp3) is 0.400. The number of halogens is 1. The van der Waals surface area contributed by atoms with Crippen LogP contribution in [0, 0.1) is 5.82 Å². The van der Waals surface area contributed by atoms with Crippen LogP contribution >= 0.6 is 0 Å². The number of aliphatic hydroxyl groups is 3. The van der Waals surface area contributed by atoms with Crippen molar-refractivity contribution in [1.29, 1.82) is 0 Å². The molecule has 0 atom stereocenters. The molecule has 0 saturated carbocycles. The SMILES string of the molecule is O=S(=O)(NC(CO)(CO)CO)c1ccc(F)cc1. The van der Waals surface area contributed by atoms with E-state index in [0.29, 0.717) is 0 Å². The molecule has 1 aromatic rings. The molecule has 6 nitrogen and oxygen atoms in total. The van der Waals surface area contributed by atoms with E-state index in [0.717, 1.165) is 24.3 Å². The summed E-state index contributed by atoms with van der Waals surface area (Å²) >= 11 is 0. The van der Waals surface area contributed by atoms with Gasteiger partial charge in [-0.2, -0.15) is 4.72 Å². The van der Waals surface area contributed by atoms with Gasteiger partial charge < -0.3 is 15.3 Å². The molecule has 102 valence electrons. The van der Waals surface area contributed by atoms with Crippen molar-refractivity contribution in [1.82, 2.24) is 4.72 Å². The highest BCUT2D eigenvalue weighted by Crippen LogP contribution is 2.13. The quantitative estimate of drug-likeness (QED) is 0.524. The van der Waals surface area contributed by atoms with Crippen LogP contribution in [0.3, 0.4) is 0 Å². The van der Waals surface area contributed by atoms with Crippen molar-refractivity contribution >= 4 is 10.0 Å². The summed E-state index contributed by atoms with van der Waals surface area (Å²) in [5, 5.41) is 27.1. The molecule has 0 fully saturated rings. The number of hydrogen-bond donors (Lipinski definition) is 4. The van der Waals surface area contributed by atoms with E-state index in [1.807, 2.05) is 4.72 Å². The van der Waals surface area contributed by atoms with E-state index in [1.54, 1.807) is 0 Å². The second-order valence-corrected chi connectivity index (χ2v) is 5.50. The fourth-order valence-corrected chi connectivity index (χ4v) is 2.58. The summed E-state index contributed by atoms with van der Waals surface area (Å²) in [5.74, 6) is -0.591. The van der Waals surface area contributed by atoms with Crippen LogP contribution in [0.25, 0.3) is 0 Å². The second kappa shape index (κ2) is 5.72. The van der Waals surface area contributed by atoms with Gasteiger partial charge in [-0.25, -0.2) is 12.8 Å². The van der Waals surface area contributed by atoms with Gasteiger partial charge in [0.15, 0.2) is 0 Å². The molecule has 0 unspecified atom stereocenters. The largest absolute Gasteiger partial charge is 0.394 e. The Morgan fingerprint density at radius 2 is 1.50 bits per heavy atom. The lowest BCUT2D eigenvalue weighted by molar-refractivity contribution is 0.0582. The average Bonchev–Trinajstić information content (AvgIpc) is 2.37. The van der Waals surface area contributed by atoms with Crippen LogP contribution in [0.15, 0.2) is 29.2 Å². The van der Waals surface area contributed by atoms with Crippen molar-refractivity contribution in [3.8, 4) is 0 Å². The van der Waals surface area contributed by atoms with Crippen molar-refractivity contribution < 1.29 is 28.1 Å². The molecule has 0 radical (unpaired) electrons. The first-order valence-electron chi connectivity index (χ1n) is 5.01. The van der Waals surface area contributed by atoms with E-state index < -0.39 is 41.2 Å². The minimum absolute atomic E-state index is 0.233. The summed E-state index contributed by atoms with van der Waals surface area (Å²) in [6, 6.07) is 4.00. The lowest BCUT2D eigenvalue weighted by Crippen LogP contribution is -2.56. The van der Waals surface area contributed by atoms with E-state index >= 15 is 0 Å². The molecule has 8 heteroatoms. The number of sulfonamides is 1. The van der Waals surface area contributed by atoms with Crippen LogP contribution in [0.5, 0.6) is 0 Å². The van der Waals surface area contributed by atoms with Crippen molar-refractivity contribution in [2.24, 2.45) is 0 Å². The molecule has 0 saturated heterocycles. The van der Waals surface area contributed by atoms with Gasteiger partial charge in [0, 0.05) is 0 Å². The van der Waals surface area contributed by atoms with Crippen LogP contribution in [0.2, 0.25) is 0 Å². The Morgan fingerprint density at radius 1 is 1.06 bits per heavy atom. The maximum absolute atomic E-state index is 12.7. The van der Waals surface area contributed by atoms with Gasteiger partial charge in [-0.3, -0.25) is 0 Å². The number of nitrogens with one attached hydrogen (secondary N) is 1. The van der Waals surface area contributed by atoms with Crippen LogP contribution in [-0.4, -0.2) is 49.1 Å². The highest BCUT2D eigenvalue weighted by Gasteiger charge is 2.33. The van der Waals surface area contributed by atoms with E-state index in [-0.39, 0.29) is 4.90 Å². The first-order valence-corrected chi connectivity index (χ1v) is 6.49. The zero-order valence-electron chi connectivity index (χ0n) is 9.38. The lowest BCUT2D eigenvalue weighted by Gasteiger charge is -2.28. The molecule has 1 rings (SSSR count). The van der Waals surface area contributed by atoms with Gasteiger partial charge in [-0.1, -0.05) is 0 Å². The van der Waals surface area contributed by atoms with Crippen molar-refractivity contribution in [3.05, 3.63) is 30.1 Å². The highest BCUT2D eigenvalue weighted by atomic mass is 32.2. The molecule has 1 aromatic carbocycles. The zero-order valence-corrected chi connectivity index (χ0v) is 10.2. The smallest absolute Gasteiger partial charge is 0.241 e. The van der Waals surface area contributed by atoms with Gasteiger partial charge in [0.2, 0.25) is 10.0 Å². The Hall–Kier alpha value is -1.06. The molecule has 0 heterocycles. The van der Waals surface area contributed by atoms with Crippen molar-refractivity contribution in [2.75, 3.05) is 19.8 Å². The van der Waals surface area contributed by atoms with Crippen LogP contribution in [0.1, 0.15) is 0 Å². The molecule has 0 spiro atoms. The molecule has 0 aliphatic carbocycles. The summed E-state index contributed by atoms with van der Waals surface area (Å²) in [7, 11) is -4.07. The summed E-state index contributed by atoms with van der Waals surface area (Å²) in [4.78, 5) is -0.233. The lowest BCUT2D eigenvalue weighted by atomic mass is 10.1. The molecule has 0 aliphatic heterocycles. The molecular formula is C10H14FNO5S. The monoisotopic (exact) mass is 279 g/mol. The van der Waals surface area contributed by atoms with Gasteiger partial charge in [-0.05, 0) is 24.3 Å². The summed E-state index contributed by atoms with van der Waals surface area (Å²) in [5.41, 5.74) is -1.76. The average molecular weight is 279 g/mol. The first-order chi connectivity index (χ1) is 8.39. The number of aliphatic hydroxyl groups excluding tert-OH is 3. The minimum Gasteiger partial charge on any atom is -0.394 e. The van der Waals surface area contributed by atoms with Gasteiger partial charge in [0.05, 0.1) is 24.7 Å². The molecule has 18 heavy (non-hydrogen) atoms. The molecule has 0 aromatic heterocycles. The van der Waals surface area contributed by atoms with E-state index in [4.69, 9.17) is 15.3 Å². The number of hydrogen-bond acceptors (Lipinski definition) is 5. The van der Waals surface area contributed by atoms with Gasteiger partial charge in [-0.15, -0.1) is 0 Å². The fourth-order valence-electron chi connectivity index (χ4n) is 1.20. The number of rotatable bonds is 6. The zero-order chi connectivity index (χ0) is 13.8. The maximum Gasteiger partial charge on any atom is 0.241 e. The maximum atomic E-state index is 12.7. The Kier molecular flexibility index (Phi) is 4.77. The van der Waals surface area contributed by atoms with E-state index in [2.05, 4.69) is 0 Å². The Balaban J connectivity index is 3.04. The standard InChI is InChI=1S/C10H14FNO5S/c11-8-1-3-9(4-2-8)18(16,17)12-10(5-13,6-14)7-15/h1-4,12-15H,5-7H2. The van der Waals surface area contributed by atoms with Crippen LogP contribution in [0.4, 0.5) is 4.39 Å². The molecule has 0 amide bonds. The first kappa shape index (κ1) is 15.0. The predicted molar refractivity (Wildman–Crippen MR) is 60.7 cm³/mol. The van der Waals surface area contributed by atoms with Crippen LogP contribution < -0.4 is 4.72 Å². The Bertz CT molecular complexity index is 475. The summed E-state index contributed by atoms with van der Waals surface area (Å²) in [6.07, 6.45) is 0. The topological polar surface area (TPSA) is 107 Å².